The van der Waals surface area contributed by atoms with Crippen LogP contribution in [0.1, 0.15) is 36.8 Å². The molecule has 1 aliphatic rings. The van der Waals surface area contributed by atoms with E-state index in [9.17, 15) is 9.59 Å². The molecule has 0 aromatic heterocycles. The Labute approximate surface area is 160 Å². The first-order valence-corrected chi connectivity index (χ1v) is 9.42. The van der Waals surface area contributed by atoms with Crippen LogP contribution < -0.4 is 10.2 Å². The maximum atomic E-state index is 12.8. The molecule has 2 aromatic rings. The highest BCUT2D eigenvalue weighted by Gasteiger charge is 2.24. The van der Waals surface area contributed by atoms with E-state index in [1.807, 2.05) is 55.5 Å². The number of aryl methyl sites for hydroxylation is 1. The average Bonchev–Trinajstić information content (AvgIpc) is 2.69. The minimum atomic E-state index is -0.201. The standard InChI is InChI=1S/C22H26N2O3/c1-3-19(16-8-5-4-6-9-16)22(26)23-18-12-11-17-10-7-13-24(20(17)14-18)21(25)15-27-2/h4-6,8-9,11-12,14,19H,3,7,10,13,15H2,1-2H3,(H,23,26). The summed E-state index contributed by atoms with van der Waals surface area (Å²) >= 11 is 0. The van der Waals surface area contributed by atoms with Crippen molar-refractivity contribution in [2.75, 3.05) is 30.5 Å². The van der Waals surface area contributed by atoms with E-state index in [0.29, 0.717) is 12.2 Å². The van der Waals surface area contributed by atoms with Crippen LogP contribution in [0.4, 0.5) is 11.4 Å². The molecule has 3 rings (SSSR count). The summed E-state index contributed by atoms with van der Waals surface area (Å²) in [6.07, 6.45) is 2.58. The van der Waals surface area contributed by atoms with E-state index in [-0.39, 0.29) is 24.3 Å². The number of benzene rings is 2. The zero-order valence-corrected chi connectivity index (χ0v) is 15.9. The van der Waals surface area contributed by atoms with Gasteiger partial charge in [-0.1, -0.05) is 43.3 Å². The summed E-state index contributed by atoms with van der Waals surface area (Å²) in [4.78, 5) is 26.9. The summed E-state index contributed by atoms with van der Waals surface area (Å²) in [5, 5.41) is 3.02. The second-order valence-corrected chi connectivity index (χ2v) is 6.79. The maximum Gasteiger partial charge on any atom is 0.252 e. The van der Waals surface area contributed by atoms with Crippen molar-refractivity contribution in [1.82, 2.24) is 0 Å². The van der Waals surface area contributed by atoms with Gasteiger partial charge in [0, 0.05) is 25.0 Å². The van der Waals surface area contributed by atoms with Gasteiger partial charge in [0.05, 0.1) is 5.92 Å². The van der Waals surface area contributed by atoms with E-state index in [0.717, 1.165) is 36.1 Å². The highest BCUT2D eigenvalue weighted by atomic mass is 16.5. The summed E-state index contributed by atoms with van der Waals surface area (Å²) in [6, 6.07) is 15.6. The Balaban J connectivity index is 1.81. The Hall–Kier alpha value is -2.66. The van der Waals surface area contributed by atoms with Crippen molar-refractivity contribution in [2.24, 2.45) is 0 Å². The van der Waals surface area contributed by atoms with Crippen LogP contribution >= 0.6 is 0 Å². The van der Waals surface area contributed by atoms with Gasteiger partial charge in [-0.05, 0) is 42.5 Å². The molecule has 2 aromatic carbocycles. The third-order valence-electron chi connectivity index (χ3n) is 4.97. The maximum absolute atomic E-state index is 12.8. The first kappa shape index (κ1) is 19.1. The molecule has 0 radical (unpaired) electrons. The van der Waals surface area contributed by atoms with Gasteiger partial charge in [-0.25, -0.2) is 0 Å². The number of anilines is 2. The molecule has 0 saturated carbocycles. The molecule has 142 valence electrons. The van der Waals surface area contributed by atoms with Gasteiger partial charge in [-0.2, -0.15) is 0 Å². The van der Waals surface area contributed by atoms with Gasteiger partial charge in [0.25, 0.3) is 5.91 Å². The van der Waals surface area contributed by atoms with Crippen molar-refractivity contribution >= 4 is 23.2 Å². The van der Waals surface area contributed by atoms with Gasteiger partial charge >= 0.3 is 0 Å². The molecule has 0 bridgehead atoms. The number of nitrogens with zero attached hydrogens (tertiary/aromatic N) is 1. The van der Waals surface area contributed by atoms with Crippen molar-refractivity contribution in [3.8, 4) is 0 Å². The van der Waals surface area contributed by atoms with Gasteiger partial charge < -0.3 is 15.0 Å². The minimum absolute atomic E-state index is 0.0331. The summed E-state index contributed by atoms with van der Waals surface area (Å²) < 4.78 is 5.00. The number of amides is 2. The monoisotopic (exact) mass is 366 g/mol. The second kappa shape index (κ2) is 8.82. The normalized spacial score (nSPS) is 14.4. The summed E-state index contributed by atoms with van der Waals surface area (Å²) in [7, 11) is 1.52. The Morgan fingerprint density at radius 1 is 1.19 bits per heavy atom. The van der Waals surface area contributed by atoms with Crippen LogP contribution in [0.15, 0.2) is 48.5 Å². The van der Waals surface area contributed by atoms with E-state index in [2.05, 4.69) is 5.32 Å². The lowest BCUT2D eigenvalue weighted by Crippen LogP contribution is -2.37. The van der Waals surface area contributed by atoms with Crippen molar-refractivity contribution in [2.45, 2.75) is 32.1 Å². The molecular weight excluding hydrogens is 340 g/mol. The fraction of sp³-hybridized carbons (Fsp3) is 0.364. The molecule has 1 aliphatic heterocycles. The number of carbonyl (C=O) groups is 2. The van der Waals surface area contributed by atoms with E-state index >= 15 is 0 Å². The molecule has 0 saturated heterocycles. The molecule has 27 heavy (non-hydrogen) atoms. The molecular formula is C22H26N2O3. The Morgan fingerprint density at radius 2 is 1.96 bits per heavy atom. The number of methoxy groups -OCH3 is 1. The molecule has 1 atom stereocenters. The molecule has 0 spiro atoms. The average molecular weight is 366 g/mol. The number of rotatable bonds is 6. The van der Waals surface area contributed by atoms with E-state index < -0.39 is 0 Å². The van der Waals surface area contributed by atoms with Crippen LogP contribution in [0, 0.1) is 0 Å². The molecule has 5 heteroatoms. The lowest BCUT2D eigenvalue weighted by molar-refractivity contribution is -0.122. The van der Waals surface area contributed by atoms with Gasteiger partial charge in [-0.3, -0.25) is 9.59 Å². The van der Waals surface area contributed by atoms with Crippen LogP contribution in [-0.4, -0.2) is 32.1 Å². The Kier molecular flexibility index (Phi) is 6.24. The topological polar surface area (TPSA) is 58.6 Å². The van der Waals surface area contributed by atoms with Gasteiger partial charge in [0.2, 0.25) is 5.91 Å². The fourth-order valence-electron chi connectivity index (χ4n) is 3.60. The third-order valence-corrected chi connectivity index (χ3v) is 4.97. The second-order valence-electron chi connectivity index (χ2n) is 6.79. The highest BCUT2D eigenvalue weighted by molar-refractivity contribution is 5.99. The summed E-state index contributed by atoms with van der Waals surface area (Å²) in [5.41, 5.74) is 3.71. The van der Waals surface area contributed by atoms with Crippen LogP contribution in [-0.2, 0) is 20.7 Å². The summed E-state index contributed by atoms with van der Waals surface area (Å²) in [6.45, 7) is 2.74. The van der Waals surface area contributed by atoms with Gasteiger partial charge in [0.15, 0.2) is 0 Å². The predicted octanol–water partition coefficient (Wildman–Crippen LogP) is 3.74. The zero-order chi connectivity index (χ0) is 19.2. The molecule has 2 amide bonds. The number of carbonyl (C=O) groups excluding carboxylic acids is 2. The van der Waals surface area contributed by atoms with Gasteiger partial charge in [0.1, 0.15) is 6.61 Å². The van der Waals surface area contributed by atoms with Crippen molar-refractivity contribution in [1.29, 1.82) is 0 Å². The smallest absolute Gasteiger partial charge is 0.252 e. The van der Waals surface area contributed by atoms with Crippen molar-refractivity contribution < 1.29 is 14.3 Å². The first-order chi connectivity index (χ1) is 13.1. The van der Waals surface area contributed by atoms with Crippen LogP contribution in [0.3, 0.4) is 0 Å². The lowest BCUT2D eigenvalue weighted by Gasteiger charge is -2.30. The fourth-order valence-corrected chi connectivity index (χ4v) is 3.60. The van der Waals surface area contributed by atoms with Gasteiger partial charge in [-0.15, -0.1) is 0 Å². The van der Waals surface area contributed by atoms with Crippen molar-refractivity contribution in [3.63, 3.8) is 0 Å². The van der Waals surface area contributed by atoms with Crippen molar-refractivity contribution in [3.05, 3.63) is 59.7 Å². The molecule has 0 fully saturated rings. The third kappa shape index (κ3) is 4.37. The minimum Gasteiger partial charge on any atom is -0.375 e. The predicted molar refractivity (Wildman–Crippen MR) is 107 cm³/mol. The van der Waals surface area contributed by atoms with Crippen LogP contribution in [0.2, 0.25) is 0 Å². The summed E-state index contributed by atoms with van der Waals surface area (Å²) in [5.74, 6) is -0.291. The Bertz CT molecular complexity index is 804. The van der Waals surface area contributed by atoms with E-state index in [1.54, 1.807) is 4.90 Å². The lowest BCUT2D eigenvalue weighted by atomic mass is 9.95. The molecule has 1 unspecified atom stereocenters. The van der Waals surface area contributed by atoms with Crippen LogP contribution in [0.5, 0.6) is 0 Å². The first-order valence-electron chi connectivity index (χ1n) is 9.42. The molecule has 1 N–H and O–H groups in total. The number of hydrogen-bond acceptors (Lipinski definition) is 3. The number of fused-ring (bicyclic) bond motifs is 1. The quantitative estimate of drug-likeness (QED) is 0.847. The largest absolute Gasteiger partial charge is 0.375 e. The number of hydrogen-bond donors (Lipinski definition) is 1. The molecule has 1 heterocycles. The highest BCUT2D eigenvalue weighted by Crippen LogP contribution is 2.31. The van der Waals surface area contributed by atoms with E-state index in [1.165, 1.54) is 7.11 Å². The van der Waals surface area contributed by atoms with Crippen LogP contribution in [0.25, 0.3) is 0 Å². The van der Waals surface area contributed by atoms with E-state index in [4.69, 9.17) is 4.74 Å². The molecule has 0 aliphatic carbocycles. The number of ether oxygens (including phenoxy) is 1. The SMILES string of the molecule is CCC(C(=O)Nc1ccc2c(c1)N(C(=O)COC)CCC2)c1ccccc1. The Morgan fingerprint density at radius 3 is 2.67 bits per heavy atom. The molecule has 5 nitrogen and oxygen atoms in total. The number of nitrogens with one attached hydrogen (secondary N) is 1. The zero-order valence-electron chi connectivity index (χ0n) is 15.9.